The lowest BCUT2D eigenvalue weighted by atomic mass is 10.1. The maximum atomic E-state index is 12.0. The summed E-state index contributed by atoms with van der Waals surface area (Å²) in [5, 5.41) is 14.8. The number of carbonyl (C=O) groups excluding carboxylic acids is 1. The standard InChI is InChI=1S/C18H19N3O5S2/c1-18(27-7-8-28-18)10-17(22)20-19-11-13-4-6-15(26-13)14-5-3-12(21(23)24)9-16(14)25-2/h3-6,9,11H,7-8,10H2,1-2H3,(H,20,22)/b19-11+. The average Bonchev–Trinajstić information content (AvgIpc) is 3.30. The summed E-state index contributed by atoms with van der Waals surface area (Å²) in [4.78, 5) is 22.4. The Bertz CT molecular complexity index is 906. The van der Waals surface area contributed by atoms with E-state index in [-0.39, 0.29) is 15.7 Å². The van der Waals surface area contributed by atoms with Gasteiger partial charge in [-0.3, -0.25) is 14.9 Å². The number of carbonyl (C=O) groups is 1. The number of nitro groups is 1. The zero-order chi connectivity index (χ0) is 20.1. The lowest BCUT2D eigenvalue weighted by molar-refractivity contribution is -0.384. The van der Waals surface area contributed by atoms with E-state index in [2.05, 4.69) is 17.5 Å². The van der Waals surface area contributed by atoms with Crippen LogP contribution in [0.15, 0.2) is 39.9 Å². The molecular formula is C18H19N3O5S2. The molecule has 1 aromatic heterocycles. The van der Waals surface area contributed by atoms with Gasteiger partial charge in [0.2, 0.25) is 5.91 Å². The van der Waals surface area contributed by atoms with Gasteiger partial charge in [0.05, 0.1) is 40.4 Å². The van der Waals surface area contributed by atoms with Gasteiger partial charge in [-0.25, -0.2) is 5.43 Å². The molecule has 1 saturated heterocycles. The highest BCUT2D eigenvalue weighted by Crippen LogP contribution is 2.45. The van der Waals surface area contributed by atoms with Gasteiger partial charge in [-0.05, 0) is 25.1 Å². The molecule has 0 spiro atoms. The molecule has 8 nitrogen and oxygen atoms in total. The van der Waals surface area contributed by atoms with Crippen molar-refractivity contribution in [1.82, 2.24) is 5.43 Å². The summed E-state index contributed by atoms with van der Waals surface area (Å²) >= 11 is 3.58. The molecule has 0 aliphatic carbocycles. The van der Waals surface area contributed by atoms with Crippen LogP contribution in [0.3, 0.4) is 0 Å². The third kappa shape index (κ3) is 4.87. The van der Waals surface area contributed by atoms with Gasteiger partial charge in [-0.2, -0.15) is 5.10 Å². The molecule has 28 heavy (non-hydrogen) atoms. The number of non-ortho nitro benzene ring substituents is 1. The SMILES string of the molecule is COc1cc([N+](=O)[O-])ccc1-c1ccc(/C=N/NC(=O)CC2(C)SCCS2)o1. The van der Waals surface area contributed by atoms with Crippen molar-refractivity contribution < 1.29 is 18.9 Å². The summed E-state index contributed by atoms with van der Waals surface area (Å²) < 4.78 is 10.8. The van der Waals surface area contributed by atoms with E-state index in [4.69, 9.17) is 9.15 Å². The number of hydrogen-bond donors (Lipinski definition) is 1. The number of thioether (sulfide) groups is 2. The van der Waals surface area contributed by atoms with Crippen molar-refractivity contribution in [1.29, 1.82) is 0 Å². The Kier molecular flexibility index (Phi) is 6.30. The fourth-order valence-corrected chi connectivity index (χ4v) is 5.55. The zero-order valence-electron chi connectivity index (χ0n) is 15.3. The molecule has 0 saturated carbocycles. The first kappa shape index (κ1) is 20.3. The van der Waals surface area contributed by atoms with Gasteiger partial charge < -0.3 is 9.15 Å². The number of nitrogens with one attached hydrogen (secondary N) is 1. The highest BCUT2D eigenvalue weighted by molar-refractivity contribution is 8.21. The van der Waals surface area contributed by atoms with Crippen LogP contribution in [-0.2, 0) is 4.79 Å². The second-order valence-corrected chi connectivity index (χ2v) is 9.60. The van der Waals surface area contributed by atoms with E-state index in [1.54, 1.807) is 41.7 Å². The summed E-state index contributed by atoms with van der Waals surface area (Å²) in [7, 11) is 1.44. The Morgan fingerprint density at radius 3 is 2.82 bits per heavy atom. The molecule has 2 heterocycles. The van der Waals surface area contributed by atoms with E-state index in [1.807, 2.05) is 0 Å². The van der Waals surface area contributed by atoms with E-state index >= 15 is 0 Å². The Morgan fingerprint density at radius 1 is 1.39 bits per heavy atom. The maximum absolute atomic E-state index is 12.0. The highest BCUT2D eigenvalue weighted by atomic mass is 32.2. The van der Waals surface area contributed by atoms with Gasteiger partial charge in [0.15, 0.2) is 0 Å². The van der Waals surface area contributed by atoms with Crippen molar-refractivity contribution >= 4 is 41.3 Å². The smallest absolute Gasteiger partial charge is 0.273 e. The average molecular weight is 422 g/mol. The van der Waals surface area contributed by atoms with E-state index in [0.717, 1.165) is 11.5 Å². The Balaban J connectivity index is 1.65. The minimum Gasteiger partial charge on any atom is -0.496 e. The van der Waals surface area contributed by atoms with Crippen molar-refractivity contribution in [2.75, 3.05) is 18.6 Å². The molecule has 0 bridgehead atoms. The molecule has 2 aromatic rings. The number of amides is 1. The van der Waals surface area contributed by atoms with Crippen LogP contribution in [-0.4, -0.2) is 39.7 Å². The Morgan fingerprint density at radius 2 is 2.14 bits per heavy atom. The summed E-state index contributed by atoms with van der Waals surface area (Å²) in [6.07, 6.45) is 1.81. The third-order valence-electron chi connectivity index (χ3n) is 4.05. The summed E-state index contributed by atoms with van der Waals surface area (Å²) in [5.74, 6) is 3.21. The number of hydrogen-bond acceptors (Lipinski definition) is 8. The highest BCUT2D eigenvalue weighted by Gasteiger charge is 2.32. The van der Waals surface area contributed by atoms with Crippen LogP contribution in [0, 0.1) is 10.1 Å². The number of methoxy groups -OCH3 is 1. The van der Waals surface area contributed by atoms with Crippen LogP contribution in [0.4, 0.5) is 5.69 Å². The first-order valence-corrected chi connectivity index (χ1v) is 10.4. The quantitative estimate of drug-likeness (QED) is 0.410. The molecule has 0 radical (unpaired) electrons. The number of rotatable bonds is 7. The second kappa shape index (κ2) is 8.70. The van der Waals surface area contributed by atoms with Crippen LogP contribution >= 0.6 is 23.5 Å². The molecule has 1 aromatic carbocycles. The van der Waals surface area contributed by atoms with Crippen LogP contribution < -0.4 is 10.2 Å². The minimum absolute atomic E-state index is 0.0658. The first-order chi connectivity index (χ1) is 13.4. The minimum atomic E-state index is -0.488. The molecule has 0 atom stereocenters. The predicted octanol–water partition coefficient (Wildman–Crippen LogP) is 3.90. The van der Waals surface area contributed by atoms with Gasteiger partial charge >= 0.3 is 0 Å². The molecular weight excluding hydrogens is 402 g/mol. The number of nitro benzene ring substituents is 1. The van der Waals surface area contributed by atoms with E-state index in [1.165, 1.54) is 25.5 Å². The van der Waals surface area contributed by atoms with Gasteiger partial charge in [0.25, 0.3) is 5.69 Å². The number of hydrazone groups is 1. The third-order valence-corrected chi connectivity index (χ3v) is 7.34. The van der Waals surface area contributed by atoms with E-state index < -0.39 is 4.92 Å². The van der Waals surface area contributed by atoms with Crippen molar-refractivity contribution in [2.45, 2.75) is 17.4 Å². The molecule has 1 fully saturated rings. The fourth-order valence-electron chi connectivity index (χ4n) is 2.72. The largest absolute Gasteiger partial charge is 0.496 e. The van der Waals surface area contributed by atoms with Crippen LogP contribution in [0.1, 0.15) is 19.1 Å². The maximum Gasteiger partial charge on any atom is 0.273 e. The molecule has 1 aliphatic rings. The van der Waals surface area contributed by atoms with Gasteiger partial charge in [-0.1, -0.05) is 0 Å². The van der Waals surface area contributed by atoms with Crippen LogP contribution in [0.2, 0.25) is 0 Å². The van der Waals surface area contributed by atoms with Gasteiger partial charge in [-0.15, -0.1) is 23.5 Å². The molecule has 1 N–H and O–H groups in total. The molecule has 3 rings (SSSR count). The van der Waals surface area contributed by atoms with Crippen molar-refractivity contribution in [3.05, 3.63) is 46.2 Å². The van der Waals surface area contributed by atoms with Gasteiger partial charge in [0.1, 0.15) is 17.3 Å². The first-order valence-electron chi connectivity index (χ1n) is 8.43. The van der Waals surface area contributed by atoms with Crippen molar-refractivity contribution in [2.24, 2.45) is 5.10 Å². The summed E-state index contributed by atoms with van der Waals surface area (Å²) in [6.45, 7) is 2.06. The van der Waals surface area contributed by atoms with Gasteiger partial charge in [0, 0.05) is 17.6 Å². The molecule has 1 amide bonds. The van der Waals surface area contributed by atoms with Crippen LogP contribution in [0.5, 0.6) is 5.75 Å². The number of nitrogens with zero attached hydrogens (tertiary/aromatic N) is 2. The molecule has 1 aliphatic heterocycles. The summed E-state index contributed by atoms with van der Waals surface area (Å²) in [6, 6.07) is 7.69. The van der Waals surface area contributed by atoms with Crippen molar-refractivity contribution in [3.63, 3.8) is 0 Å². The van der Waals surface area contributed by atoms with E-state index in [9.17, 15) is 14.9 Å². The zero-order valence-corrected chi connectivity index (χ0v) is 17.0. The number of benzene rings is 1. The second-order valence-electron chi connectivity index (χ2n) is 6.14. The topological polar surface area (TPSA) is 107 Å². The van der Waals surface area contributed by atoms with Crippen LogP contribution in [0.25, 0.3) is 11.3 Å². The normalized spacial score (nSPS) is 15.6. The monoisotopic (exact) mass is 421 g/mol. The lowest BCUT2D eigenvalue weighted by Crippen LogP contribution is -2.26. The summed E-state index contributed by atoms with van der Waals surface area (Å²) in [5.41, 5.74) is 3.04. The van der Waals surface area contributed by atoms with Crippen molar-refractivity contribution in [3.8, 4) is 17.1 Å². The Labute approximate surface area is 170 Å². The molecule has 148 valence electrons. The lowest BCUT2D eigenvalue weighted by Gasteiger charge is -2.19. The fraction of sp³-hybridized carbons (Fsp3) is 0.333. The van der Waals surface area contributed by atoms with E-state index in [0.29, 0.717) is 29.3 Å². The Hall–Kier alpha value is -2.46. The number of ether oxygens (including phenoxy) is 1. The number of furan rings is 1. The molecule has 0 unspecified atom stereocenters. The predicted molar refractivity (Wildman–Crippen MR) is 111 cm³/mol. The molecule has 10 heteroatoms.